The summed E-state index contributed by atoms with van der Waals surface area (Å²) in [5.41, 5.74) is 3.90. The number of pyridine rings is 1. The topological polar surface area (TPSA) is 34.1 Å². The summed E-state index contributed by atoms with van der Waals surface area (Å²) < 4.78 is 5.56. The summed E-state index contributed by atoms with van der Waals surface area (Å²) in [4.78, 5) is 4.06. The molecular weight excluding hydrogens is 248 g/mol. The predicted molar refractivity (Wildman–Crippen MR) is 79.8 cm³/mol. The fourth-order valence-electron chi connectivity index (χ4n) is 2.70. The van der Waals surface area contributed by atoms with E-state index in [1.807, 2.05) is 12.4 Å². The molecule has 0 saturated heterocycles. The van der Waals surface area contributed by atoms with Gasteiger partial charge < -0.3 is 10.1 Å². The average Bonchev–Trinajstić information content (AvgIpc) is 2.95. The maximum absolute atomic E-state index is 5.56. The predicted octanol–water partition coefficient (Wildman–Crippen LogP) is 3.43. The molecule has 1 N–H and O–H groups in total. The zero-order valence-corrected chi connectivity index (χ0v) is 12.0. The first-order chi connectivity index (χ1) is 9.74. The molecule has 1 aromatic carbocycles. The van der Waals surface area contributed by atoms with Gasteiger partial charge in [-0.25, -0.2) is 0 Å². The van der Waals surface area contributed by atoms with Crippen molar-refractivity contribution in [2.24, 2.45) is 0 Å². The third-order valence-electron chi connectivity index (χ3n) is 3.92. The van der Waals surface area contributed by atoms with Crippen LogP contribution in [0.3, 0.4) is 0 Å². The molecule has 2 aromatic rings. The molecule has 1 aliphatic rings. The van der Waals surface area contributed by atoms with Gasteiger partial charge in [0, 0.05) is 30.9 Å². The molecule has 0 fully saturated rings. The second-order valence-corrected chi connectivity index (χ2v) is 5.36. The molecule has 0 spiro atoms. The standard InChI is InChI=1S/C17H20N2O/c1-12(14-5-8-18-9-6-14)19-13(2)15-3-4-17-16(11-15)7-10-20-17/h3-6,8-9,11-13,19H,7,10H2,1-2H3. The number of hydrogen-bond acceptors (Lipinski definition) is 3. The first-order valence-electron chi connectivity index (χ1n) is 7.15. The smallest absolute Gasteiger partial charge is 0.122 e. The van der Waals surface area contributed by atoms with Crippen molar-refractivity contribution in [2.75, 3.05) is 6.61 Å². The summed E-state index contributed by atoms with van der Waals surface area (Å²) in [6, 6.07) is 11.2. The third-order valence-corrected chi connectivity index (χ3v) is 3.92. The Morgan fingerprint density at radius 1 is 1.05 bits per heavy atom. The largest absolute Gasteiger partial charge is 0.493 e. The van der Waals surface area contributed by atoms with E-state index in [0.29, 0.717) is 12.1 Å². The first kappa shape index (κ1) is 13.1. The van der Waals surface area contributed by atoms with Crippen molar-refractivity contribution in [3.05, 3.63) is 59.4 Å². The highest BCUT2D eigenvalue weighted by Crippen LogP contribution is 2.28. The number of nitrogens with zero attached hydrogens (tertiary/aromatic N) is 1. The molecule has 20 heavy (non-hydrogen) atoms. The van der Waals surface area contributed by atoms with Gasteiger partial charge in [-0.3, -0.25) is 4.98 Å². The molecule has 2 atom stereocenters. The fourth-order valence-corrected chi connectivity index (χ4v) is 2.70. The number of hydrogen-bond donors (Lipinski definition) is 1. The van der Waals surface area contributed by atoms with E-state index >= 15 is 0 Å². The van der Waals surface area contributed by atoms with Crippen molar-refractivity contribution >= 4 is 0 Å². The van der Waals surface area contributed by atoms with Crippen LogP contribution in [0.2, 0.25) is 0 Å². The lowest BCUT2D eigenvalue weighted by Crippen LogP contribution is -2.22. The molecule has 3 rings (SSSR count). The maximum Gasteiger partial charge on any atom is 0.122 e. The number of fused-ring (bicyclic) bond motifs is 1. The lowest BCUT2D eigenvalue weighted by Gasteiger charge is -2.21. The van der Waals surface area contributed by atoms with Gasteiger partial charge in [0.1, 0.15) is 5.75 Å². The van der Waals surface area contributed by atoms with Crippen molar-refractivity contribution < 1.29 is 4.74 Å². The van der Waals surface area contributed by atoms with Crippen LogP contribution in [0.4, 0.5) is 0 Å². The number of ether oxygens (including phenoxy) is 1. The molecule has 0 amide bonds. The SMILES string of the molecule is CC(NC(C)c1ccc2c(c1)CCO2)c1ccncc1. The molecule has 1 aromatic heterocycles. The van der Waals surface area contributed by atoms with Crippen molar-refractivity contribution in [2.45, 2.75) is 32.4 Å². The minimum Gasteiger partial charge on any atom is -0.493 e. The highest BCUT2D eigenvalue weighted by Gasteiger charge is 2.16. The van der Waals surface area contributed by atoms with E-state index in [1.54, 1.807) is 0 Å². The fraction of sp³-hybridized carbons (Fsp3) is 0.353. The molecule has 3 heteroatoms. The molecule has 104 valence electrons. The summed E-state index contributed by atoms with van der Waals surface area (Å²) in [6.45, 7) is 5.20. The van der Waals surface area contributed by atoms with Crippen LogP contribution in [0, 0.1) is 0 Å². The van der Waals surface area contributed by atoms with E-state index < -0.39 is 0 Å². The van der Waals surface area contributed by atoms with Gasteiger partial charge in [-0.2, -0.15) is 0 Å². The van der Waals surface area contributed by atoms with Crippen LogP contribution in [0.5, 0.6) is 5.75 Å². The molecule has 1 aliphatic heterocycles. The Kier molecular flexibility index (Phi) is 3.70. The van der Waals surface area contributed by atoms with Crippen LogP contribution < -0.4 is 10.1 Å². The lowest BCUT2D eigenvalue weighted by molar-refractivity contribution is 0.356. The van der Waals surface area contributed by atoms with Gasteiger partial charge >= 0.3 is 0 Å². The lowest BCUT2D eigenvalue weighted by atomic mass is 10.0. The Morgan fingerprint density at radius 3 is 2.60 bits per heavy atom. The molecule has 3 nitrogen and oxygen atoms in total. The van der Waals surface area contributed by atoms with Crippen LogP contribution in [0.25, 0.3) is 0 Å². The third kappa shape index (κ3) is 2.68. The van der Waals surface area contributed by atoms with Gasteiger partial charge in [-0.05, 0) is 48.7 Å². The minimum atomic E-state index is 0.303. The zero-order chi connectivity index (χ0) is 13.9. The van der Waals surface area contributed by atoms with Gasteiger partial charge in [-0.1, -0.05) is 12.1 Å². The van der Waals surface area contributed by atoms with E-state index in [9.17, 15) is 0 Å². The Morgan fingerprint density at radius 2 is 1.80 bits per heavy atom. The van der Waals surface area contributed by atoms with Crippen molar-refractivity contribution in [1.29, 1.82) is 0 Å². The van der Waals surface area contributed by atoms with Gasteiger partial charge in [-0.15, -0.1) is 0 Å². The molecule has 2 heterocycles. The summed E-state index contributed by atoms with van der Waals surface area (Å²) in [5.74, 6) is 1.04. The van der Waals surface area contributed by atoms with E-state index in [0.717, 1.165) is 18.8 Å². The van der Waals surface area contributed by atoms with Gasteiger partial charge in [0.15, 0.2) is 0 Å². The first-order valence-corrected chi connectivity index (χ1v) is 7.15. The molecule has 0 saturated carbocycles. The molecule has 0 bridgehead atoms. The van der Waals surface area contributed by atoms with Crippen LogP contribution in [0.1, 0.15) is 42.6 Å². The van der Waals surface area contributed by atoms with Crippen molar-refractivity contribution in [1.82, 2.24) is 10.3 Å². The van der Waals surface area contributed by atoms with E-state index in [4.69, 9.17) is 4.74 Å². The van der Waals surface area contributed by atoms with Gasteiger partial charge in [0.2, 0.25) is 0 Å². The van der Waals surface area contributed by atoms with Gasteiger partial charge in [0.25, 0.3) is 0 Å². The Bertz CT molecular complexity index is 583. The summed E-state index contributed by atoms with van der Waals surface area (Å²) in [6.07, 6.45) is 4.70. The number of aromatic nitrogens is 1. The minimum absolute atomic E-state index is 0.303. The number of nitrogens with one attached hydrogen (secondary N) is 1. The normalized spacial score (nSPS) is 16.3. The van der Waals surface area contributed by atoms with Crippen LogP contribution in [0.15, 0.2) is 42.7 Å². The van der Waals surface area contributed by atoms with Gasteiger partial charge in [0.05, 0.1) is 6.61 Å². The summed E-state index contributed by atoms with van der Waals surface area (Å²) >= 11 is 0. The quantitative estimate of drug-likeness (QED) is 0.922. The molecular formula is C17H20N2O. The van der Waals surface area contributed by atoms with E-state index in [-0.39, 0.29) is 0 Å². The van der Waals surface area contributed by atoms with Crippen molar-refractivity contribution in [3.63, 3.8) is 0 Å². The summed E-state index contributed by atoms with van der Waals surface area (Å²) in [7, 11) is 0. The second-order valence-electron chi connectivity index (χ2n) is 5.36. The average molecular weight is 268 g/mol. The molecule has 2 unspecified atom stereocenters. The van der Waals surface area contributed by atoms with Crippen LogP contribution in [-0.2, 0) is 6.42 Å². The Labute approximate surface area is 120 Å². The number of rotatable bonds is 4. The van der Waals surface area contributed by atoms with Crippen LogP contribution in [-0.4, -0.2) is 11.6 Å². The summed E-state index contributed by atoms with van der Waals surface area (Å²) in [5, 5.41) is 3.64. The number of benzene rings is 1. The van der Waals surface area contributed by atoms with E-state index in [1.165, 1.54) is 16.7 Å². The van der Waals surface area contributed by atoms with Crippen molar-refractivity contribution in [3.8, 4) is 5.75 Å². The second kappa shape index (κ2) is 5.63. The maximum atomic E-state index is 5.56. The Hall–Kier alpha value is -1.87. The monoisotopic (exact) mass is 268 g/mol. The highest BCUT2D eigenvalue weighted by molar-refractivity contribution is 5.40. The zero-order valence-electron chi connectivity index (χ0n) is 12.0. The molecule has 0 radical (unpaired) electrons. The molecule has 0 aliphatic carbocycles. The van der Waals surface area contributed by atoms with Crippen LogP contribution >= 0.6 is 0 Å². The Balaban J connectivity index is 1.71. The van der Waals surface area contributed by atoms with E-state index in [2.05, 4.69) is 54.5 Å². The highest BCUT2D eigenvalue weighted by atomic mass is 16.5.